The quantitative estimate of drug-likeness (QED) is 0.299. The number of nitrogens with one attached hydrogen (secondary N) is 2. The van der Waals surface area contributed by atoms with E-state index in [0.717, 1.165) is 36.2 Å². The second kappa shape index (κ2) is 11.7. The fourth-order valence-electron chi connectivity index (χ4n) is 3.79. The largest absolute Gasteiger partial charge is 0.480 e. The smallest absolute Gasteiger partial charge is 0.322 e. The van der Waals surface area contributed by atoms with Crippen molar-refractivity contribution in [2.75, 3.05) is 11.9 Å². The lowest BCUT2D eigenvalue weighted by molar-refractivity contribution is -0.134. The minimum atomic E-state index is -3.86. The number of benzene rings is 1. The summed E-state index contributed by atoms with van der Waals surface area (Å²) in [6.07, 6.45) is 5.22. The van der Waals surface area contributed by atoms with E-state index in [4.69, 9.17) is 5.11 Å². The Bertz CT molecular complexity index is 1210. The lowest BCUT2D eigenvalue weighted by Gasteiger charge is -2.25. The number of anilines is 1. The summed E-state index contributed by atoms with van der Waals surface area (Å²) < 4.78 is 28.7. The molecule has 10 heteroatoms. The lowest BCUT2D eigenvalue weighted by atomic mass is 9.80. The van der Waals surface area contributed by atoms with E-state index in [1.807, 2.05) is 12.1 Å². The van der Waals surface area contributed by atoms with Gasteiger partial charge in [0.15, 0.2) is 0 Å². The van der Waals surface area contributed by atoms with Gasteiger partial charge >= 0.3 is 5.97 Å². The minimum Gasteiger partial charge on any atom is -0.480 e. The van der Waals surface area contributed by atoms with Gasteiger partial charge in [-0.25, -0.2) is 18.4 Å². The van der Waals surface area contributed by atoms with Gasteiger partial charge in [-0.15, -0.1) is 11.3 Å². The first-order valence-corrected chi connectivity index (χ1v) is 13.9. The Morgan fingerprint density at radius 2 is 1.91 bits per heavy atom. The molecule has 0 saturated carbocycles. The number of carboxylic acids is 1. The maximum Gasteiger partial charge on any atom is 0.322 e. The van der Waals surface area contributed by atoms with Crippen LogP contribution < -0.4 is 10.0 Å². The van der Waals surface area contributed by atoms with Crippen LogP contribution in [0.4, 0.5) is 5.82 Å². The number of aromatic nitrogens is 2. The number of rotatable bonds is 13. The molecule has 0 bridgehead atoms. The predicted molar refractivity (Wildman–Crippen MR) is 138 cm³/mol. The first kappa shape index (κ1) is 26.8. The van der Waals surface area contributed by atoms with Gasteiger partial charge in [-0.05, 0) is 41.5 Å². The second-order valence-corrected chi connectivity index (χ2v) is 11.8. The van der Waals surface area contributed by atoms with Crippen molar-refractivity contribution in [2.24, 2.45) is 0 Å². The molecule has 0 radical (unpaired) electrons. The standard InChI is InChI=1S/C25H32N4O4S2/c1-4-5-13-25(2,3)19-11-9-18(10-12-19)16-21(29-35(32,33)24-26-14-15-34-24)20-7-6-8-22(28-20)27-17-23(30)31/h6-12,14-15,21,29H,4-5,13,16-17H2,1-3H3,(H,27,28)(H,30,31). The molecule has 1 atom stereocenters. The zero-order valence-corrected chi connectivity index (χ0v) is 21.8. The van der Waals surface area contributed by atoms with Crippen molar-refractivity contribution in [1.82, 2.24) is 14.7 Å². The zero-order chi connectivity index (χ0) is 25.5. The Morgan fingerprint density at radius 1 is 1.17 bits per heavy atom. The van der Waals surface area contributed by atoms with E-state index in [2.05, 4.69) is 52.9 Å². The van der Waals surface area contributed by atoms with Gasteiger partial charge in [-0.2, -0.15) is 4.72 Å². The topological polar surface area (TPSA) is 121 Å². The molecular weight excluding hydrogens is 484 g/mol. The molecule has 0 spiro atoms. The second-order valence-electron chi connectivity index (χ2n) is 9.06. The molecule has 188 valence electrons. The average Bonchev–Trinajstić information content (AvgIpc) is 3.38. The van der Waals surface area contributed by atoms with Crippen LogP contribution in [0, 0.1) is 0 Å². The molecule has 8 nitrogen and oxygen atoms in total. The van der Waals surface area contributed by atoms with Crippen LogP contribution >= 0.6 is 11.3 Å². The molecule has 2 aromatic heterocycles. The monoisotopic (exact) mass is 516 g/mol. The van der Waals surface area contributed by atoms with E-state index in [-0.39, 0.29) is 16.3 Å². The van der Waals surface area contributed by atoms with Crippen molar-refractivity contribution < 1.29 is 18.3 Å². The summed E-state index contributed by atoms with van der Waals surface area (Å²) in [6.45, 7) is 6.37. The van der Waals surface area contributed by atoms with Gasteiger partial charge in [0.1, 0.15) is 12.4 Å². The Balaban J connectivity index is 1.88. The minimum absolute atomic E-state index is 0.0179. The molecule has 1 unspecified atom stereocenters. The number of aliphatic carboxylic acids is 1. The molecule has 2 heterocycles. The number of unbranched alkanes of at least 4 members (excludes halogenated alkanes) is 1. The van der Waals surface area contributed by atoms with Gasteiger partial charge in [0.25, 0.3) is 10.0 Å². The predicted octanol–water partition coefficient (Wildman–Crippen LogP) is 4.76. The Morgan fingerprint density at radius 3 is 2.54 bits per heavy atom. The SMILES string of the molecule is CCCCC(C)(C)c1ccc(CC(NS(=O)(=O)c2nccs2)c2cccc(NCC(=O)O)n2)cc1. The number of carboxylic acid groups (broad SMARTS) is 1. The summed E-state index contributed by atoms with van der Waals surface area (Å²) in [7, 11) is -3.86. The average molecular weight is 517 g/mol. The van der Waals surface area contributed by atoms with Crippen LogP contribution in [-0.4, -0.2) is 36.0 Å². The highest BCUT2D eigenvalue weighted by atomic mass is 32.2. The summed E-state index contributed by atoms with van der Waals surface area (Å²) in [5.74, 6) is -0.656. The fraction of sp³-hybridized carbons (Fsp3) is 0.400. The normalized spacial score (nSPS) is 12.9. The molecule has 0 aliphatic carbocycles. The van der Waals surface area contributed by atoms with Crippen molar-refractivity contribution in [3.05, 3.63) is 70.9 Å². The highest BCUT2D eigenvalue weighted by Crippen LogP contribution is 2.30. The van der Waals surface area contributed by atoms with E-state index in [1.54, 1.807) is 23.6 Å². The highest BCUT2D eigenvalue weighted by molar-refractivity contribution is 7.91. The van der Waals surface area contributed by atoms with E-state index in [1.165, 1.54) is 11.8 Å². The molecular formula is C25H32N4O4S2. The van der Waals surface area contributed by atoms with Gasteiger partial charge in [0, 0.05) is 11.6 Å². The number of sulfonamides is 1. The summed E-state index contributed by atoms with van der Waals surface area (Å²) >= 11 is 1.04. The first-order valence-electron chi connectivity index (χ1n) is 11.5. The van der Waals surface area contributed by atoms with Crippen molar-refractivity contribution >= 4 is 33.1 Å². The van der Waals surface area contributed by atoms with Crippen molar-refractivity contribution in [1.29, 1.82) is 0 Å². The highest BCUT2D eigenvalue weighted by Gasteiger charge is 2.26. The van der Waals surface area contributed by atoms with Crippen LogP contribution in [0.25, 0.3) is 0 Å². The van der Waals surface area contributed by atoms with Crippen LogP contribution in [0.2, 0.25) is 0 Å². The van der Waals surface area contributed by atoms with Crippen molar-refractivity contribution in [2.45, 2.75) is 62.3 Å². The number of hydrogen-bond acceptors (Lipinski definition) is 7. The molecule has 35 heavy (non-hydrogen) atoms. The molecule has 3 aromatic rings. The molecule has 0 aliphatic heterocycles. The van der Waals surface area contributed by atoms with Crippen LogP contribution in [0.15, 0.2) is 58.4 Å². The van der Waals surface area contributed by atoms with E-state index in [9.17, 15) is 13.2 Å². The zero-order valence-electron chi connectivity index (χ0n) is 20.2. The third-order valence-electron chi connectivity index (χ3n) is 5.82. The summed E-state index contributed by atoms with van der Waals surface area (Å²) in [5.41, 5.74) is 2.74. The summed E-state index contributed by atoms with van der Waals surface area (Å²) in [6, 6.07) is 12.7. The number of pyridine rings is 1. The maximum atomic E-state index is 13.0. The Hall–Kier alpha value is -2.82. The maximum absolute atomic E-state index is 13.0. The molecule has 3 rings (SSSR count). The van der Waals surface area contributed by atoms with E-state index < -0.39 is 22.0 Å². The molecule has 0 saturated heterocycles. The Labute approximate surface area is 210 Å². The summed E-state index contributed by atoms with van der Waals surface area (Å²) in [5, 5.41) is 13.3. The lowest BCUT2D eigenvalue weighted by Crippen LogP contribution is -2.31. The number of hydrogen-bond donors (Lipinski definition) is 3. The fourth-order valence-corrected chi connectivity index (χ4v) is 5.84. The molecule has 3 N–H and O–H groups in total. The molecule has 1 aromatic carbocycles. The first-order chi connectivity index (χ1) is 16.6. The third kappa shape index (κ3) is 7.58. The molecule has 0 aliphatic rings. The Kier molecular flexibility index (Phi) is 8.98. The van der Waals surface area contributed by atoms with Gasteiger partial charge in [-0.1, -0.05) is 63.9 Å². The number of thiazole rings is 1. The van der Waals surface area contributed by atoms with Gasteiger partial charge in [-0.3, -0.25) is 4.79 Å². The number of carbonyl (C=O) groups is 1. The molecule has 0 fully saturated rings. The van der Waals surface area contributed by atoms with E-state index in [0.29, 0.717) is 17.9 Å². The van der Waals surface area contributed by atoms with Gasteiger partial charge in [0.05, 0.1) is 11.7 Å². The van der Waals surface area contributed by atoms with Crippen molar-refractivity contribution in [3.63, 3.8) is 0 Å². The van der Waals surface area contributed by atoms with E-state index >= 15 is 0 Å². The van der Waals surface area contributed by atoms with Crippen LogP contribution in [0.1, 0.15) is 62.9 Å². The van der Waals surface area contributed by atoms with Gasteiger partial charge in [0.2, 0.25) is 4.34 Å². The summed E-state index contributed by atoms with van der Waals surface area (Å²) in [4.78, 5) is 19.3. The van der Waals surface area contributed by atoms with Crippen LogP contribution in [0.3, 0.4) is 0 Å². The number of nitrogens with zero attached hydrogens (tertiary/aromatic N) is 2. The third-order valence-corrected chi connectivity index (χ3v) is 8.49. The van der Waals surface area contributed by atoms with Crippen LogP contribution in [-0.2, 0) is 26.7 Å². The van der Waals surface area contributed by atoms with Crippen LogP contribution in [0.5, 0.6) is 0 Å². The molecule has 0 amide bonds. The van der Waals surface area contributed by atoms with Gasteiger partial charge < -0.3 is 10.4 Å². The van der Waals surface area contributed by atoms with Crippen molar-refractivity contribution in [3.8, 4) is 0 Å².